The molecule has 1 aliphatic rings. The topological polar surface area (TPSA) is 26.4 Å². The first-order chi connectivity index (χ1) is 6.86. The standard InChI is InChI=1S/C11H23N2O/c1-2-3-5-12-7-9-13(10-8-12)6-4-11-14/h2-11H2,1H3. The van der Waals surface area contributed by atoms with E-state index in [0.29, 0.717) is 0 Å². The van der Waals surface area contributed by atoms with E-state index in [2.05, 4.69) is 16.7 Å². The quantitative estimate of drug-likeness (QED) is 0.643. The lowest BCUT2D eigenvalue weighted by Crippen LogP contribution is -2.46. The molecular formula is C11H23N2O. The molecule has 1 fully saturated rings. The van der Waals surface area contributed by atoms with Crippen molar-refractivity contribution in [3.05, 3.63) is 0 Å². The number of unbranched alkanes of at least 4 members (excludes halogenated alkanes) is 1. The largest absolute Gasteiger partial charge is 0.301 e. The zero-order valence-corrected chi connectivity index (χ0v) is 9.37. The van der Waals surface area contributed by atoms with E-state index in [9.17, 15) is 5.11 Å². The summed E-state index contributed by atoms with van der Waals surface area (Å²) in [5.41, 5.74) is 0. The van der Waals surface area contributed by atoms with E-state index in [4.69, 9.17) is 0 Å². The van der Waals surface area contributed by atoms with E-state index in [1.165, 1.54) is 32.5 Å². The molecule has 1 heterocycles. The molecular weight excluding hydrogens is 176 g/mol. The molecule has 0 aromatic carbocycles. The van der Waals surface area contributed by atoms with E-state index in [1.54, 1.807) is 0 Å². The number of rotatable bonds is 6. The number of hydrogen-bond donors (Lipinski definition) is 0. The van der Waals surface area contributed by atoms with Crippen molar-refractivity contribution >= 4 is 0 Å². The second-order valence-corrected chi connectivity index (χ2v) is 4.09. The molecule has 3 heteroatoms. The third-order valence-corrected chi connectivity index (χ3v) is 2.91. The van der Waals surface area contributed by atoms with E-state index in [0.717, 1.165) is 26.1 Å². The number of piperazine rings is 1. The molecule has 1 aliphatic heterocycles. The van der Waals surface area contributed by atoms with Gasteiger partial charge in [0.05, 0.1) is 6.61 Å². The van der Waals surface area contributed by atoms with Crippen molar-refractivity contribution in [2.45, 2.75) is 26.2 Å². The summed E-state index contributed by atoms with van der Waals surface area (Å²) in [6.07, 6.45) is 3.42. The predicted octanol–water partition coefficient (Wildman–Crippen LogP) is 1.22. The molecule has 0 aromatic rings. The van der Waals surface area contributed by atoms with Crippen LogP contribution in [0.4, 0.5) is 0 Å². The third-order valence-electron chi connectivity index (χ3n) is 2.91. The van der Waals surface area contributed by atoms with Crippen molar-refractivity contribution in [2.75, 3.05) is 45.9 Å². The maximum Gasteiger partial charge on any atom is 0.0834 e. The lowest BCUT2D eigenvalue weighted by Gasteiger charge is -2.34. The zero-order valence-electron chi connectivity index (χ0n) is 9.37. The van der Waals surface area contributed by atoms with Gasteiger partial charge in [-0.1, -0.05) is 13.3 Å². The number of nitrogens with zero attached hydrogens (tertiary/aromatic N) is 2. The first kappa shape index (κ1) is 12.0. The van der Waals surface area contributed by atoms with Crippen molar-refractivity contribution in [3.8, 4) is 0 Å². The van der Waals surface area contributed by atoms with Gasteiger partial charge >= 0.3 is 0 Å². The molecule has 83 valence electrons. The van der Waals surface area contributed by atoms with E-state index < -0.39 is 0 Å². The molecule has 1 radical (unpaired) electrons. The van der Waals surface area contributed by atoms with Gasteiger partial charge in [-0.25, -0.2) is 5.11 Å². The van der Waals surface area contributed by atoms with Gasteiger partial charge in [-0.05, 0) is 19.4 Å². The van der Waals surface area contributed by atoms with Crippen LogP contribution in [-0.4, -0.2) is 55.7 Å². The van der Waals surface area contributed by atoms with Crippen LogP contribution in [0.25, 0.3) is 0 Å². The minimum Gasteiger partial charge on any atom is -0.301 e. The molecule has 0 amide bonds. The Morgan fingerprint density at radius 2 is 1.43 bits per heavy atom. The molecule has 0 aromatic heterocycles. The highest BCUT2D eigenvalue weighted by Crippen LogP contribution is 2.03. The van der Waals surface area contributed by atoms with Crippen LogP contribution in [-0.2, 0) is 5.11 Å². The van der Waals surface area contributed by atoms with Gasteiger partial charge in [0.1, 0.15) is 0 Å². The predicted molar refractivity (Wildman–Crippen MR) is 58.0 cm³/mol. The summed E-state index contributed by atoms with van der Waals surface area (Å²) in [5.74, 6) is 0. The second-order valence-electron chi connectivity index (χ2n) is 4.09. The SMILES string of the molecule is CCCCN1CCN(CCC[O])CC1. The number of hydrogen-bond acceptors (Lipinski definition) is 2. The summed E-state index contributed by atoms with van der Waals surface area (Å²) >= 11 is 0. The fraction of sp³-hybridized carbons (Fsp3) is 1.00. The highest BCUT2D eigenvalue weighted by atomic mass is 16.3. The maximum absolute atomic E-state index is 10.3. The second kappa shape index (κ2) is 7.21. The van der Waals surface area contributed by atoms with Gasteiger partial charge in [-0.15, -0.1) is 0 Å². The molecule has 0 atom stereocenters. The van der Waals surface area contributed by atoms with E-state index >= 15 is 0 Å². The van der Waals surface area contributed by atoms with Crippen LogP contribution in [0.15, 0.2) is 0 Å². The highest BCUT2D eigenvalue weighted by Gasteiger charge is 2.15. The van der Waals surface area contributed by atoms with Crippen LogP contribution < -0.4 is 0 Å². The smallest absolute Gasteiger partial charge is 0.0834 e. The molecule has 0 unspecified atom stereocenters. The third kappa shape index (κ3) is 4.40. The first-order valence-corrected chi connectivity index (χ1v) is 5.89. The summed E-state index contributed by atoms with van der Waals surface area (Å²) in [6.45, 7) is 9.28. The van der Waals surface area contributed by atoms with Crippen LogP contribution in [0.3, 0.4) is 0 Å². The molecule has 0 N–H and O–H groups in total. The van der Waals surface area contributed by atoms with Gasteiger partial charge in [-0.2, -0.15) is 0 Å². The van der Waals surface area contributed by atoms with Gasteiger partial charge in [0, 0.05) is 32.7 Å². The molecule has 0 spiro atoms. The Morgan fingerprint density at radius 1 is 0.929 bits per heavy atom. The molecule has 0 saturated carbocycles. The molecule has 1 rings (SSSR count). The molecule has 0 aliphatic carbocycles. The van der Waals surface area contributed by atoms with Gasteiger partial charge in [0.2, 0.25) is 0 Å². The van der Waals surface area contributed by atoms with Crippen molar-refractivity contribution in [3.63, 3.8) is 0 Å². The Labute approximate surface area is 87.7 Å². The Bertz CT molecular complexity index is 117. The Balaban J connectivity index is 2.05. The van der Waals surface area contributed by atoms with Crippen molar-refractivity contribution < 1.29 is 5.11 Å². The van der Waals surface area contributed by atoms with Gasteiger partial charge in [0.15, 0.2) is 0 Å². The van der Waals surface area contributed by atoms with Crippen LogP contribution in [0, 0.1) is 0 Å². The first-order valence-electron chi connectivity index (χ1n) is 5.89. The van der Waals surface area contributed by atoms with Gasteiger partial charge in [0.25, 0.3) is 0 Å². The monoisotopic (exact) mass is 199 g/mol. The minimum absolute atomic E-state index is 0.0794. The van der Waals surface area contributed by atoms with Gasteiger partial charge in [-0.3, -0.25) is 0 Å². The lowest BCUT2D eigenvalue weighted by molar-refractivity contribution is 0.113. The highest BCUT2D eigenvalue weighted by molar-refractivity contribution is 4.71. The van der Waals surface area contributed by atoms with Crippen molar-refractivity contribution in [1.82, 2.24) is 9.80 Å². The maximum atomic E-state index is 10.3. The summed E-state index contributed by atoms with van der Waals surface area (Å²) < 4.78 is 0. The Kier molecular flexibility index (Phi) is 6.15. The summed E-state index contributed by atoms with van der Waals surface area (Å²) in [4.78, 5) is 4.96. The van der Waals surface area contributed by atoms with E-state index in [-0.39, 0.29) is 6.61 Å². The van der Waals surface area contributed by atoms with Crippen molar-refractivity contribution in [2.24, 2.45) is 0 Å². The lowest BCUT2D eigenvalue weighted by atomic mass is 10.2. The Hall–Kier alpha value is -0.120. The molecule has 14 heavy (non-hydrogen) atoms. The fourth-order valence-corrected chi connectivity index (χ4v) is 1.91. The van der Waals surface area contributed by atoms with Crippen LogP contribution in [0.2, 0.25) is 0 Å². The minimum atomic E-state index is 0.0794. The average Bonchev–Trinajstić information content (AvgIpc) is 2.25. The van der Waals surface area contributed by atoms with E-state index in [1.807, 2.05) is 0 Å². The van der Waals surface area contributed by atoms with Crippen LogP contribution in [0.1, 0.15) is 26.2 Å². The van der Waals surface area contributed by atoms with Crippen molar-refractivity contribution in [1.29, 1.82) is 0 Å². The van der Waals surface area contributed by atoms with Gasteiger partial charge < -0.3 is 9.80 Å². The Morgan fingerprint density at radius 3 is 1.86 bits per heavy atom. The summed E-state index contributed by atoms with van der Waals surface area (Å²) in [5, 5.41) is 10.3. The summed E-state index contributed by atoms with van der Waals surface area (Å²) in [6, 6.07) is 0. The summed E-state index contributed by atoms with van der Waals surface area (Å²) in [7, 11) is 0. The molecule has 1 saturated heterocycles. The molecule has 3 nitrogen and oxygen atoms in total. The normalized spacial score (nSPS) is 20.1. The average molecular weight is 199 g/mol. The van der Waals surface area contributed by atoms with Crippen LogP contribution in [0.5, 0.6) is 0 Å². The zero-order chi connectivity index (χ0) is 10.2. The van der Waals surface area contributed by atoms with Crippen LogP contribution >= 0.6 is 0 Å². The molecule has 0 bridgehead atoms. The fourth-order valence-electron chi connectivity index (χ4n) is 1.91.